The summed E-state index contributed by atoms with van der Waals surface area (Å²) in [5, 5.41) is 0.532. The smallest absolute Gasteiger partial charge is 0.265 e. The van der Waals surface area contributed by atoms with Gasteiger partial charge in [0, 0.05) is 19.2 Å². The summed E-state index contributed by atoms with van der Waals surface area (Å²) in [6, 6.07) is 18.6. The molecule has 0 aliphatic heterocycles. The minimum Gasteiger partial charge on any atom is -0.494 e. The van der Waals surface area contributed by atoms with E-state index >= 15 is 0 Å². The van der Waals surface area contributed by atoms with Gasteiger partial charge in [0.25, 0.3) is 11.5 Å². The Hall–Kier alpha value is -4.00. The first-order valence-corrected chi connectivity index (χ1v) is 10.1. The number of halogens is 1. The number of amides is 1. The fourth-order valence-electron chi connectivity index (χ4n) is 3.68. The van der Waals surface area contributed by atoms with Gasteiger partial charge in [-0.1, -0.05) is 18.2 Å². The number of fused-ring (bicyclic) bond motifs is 1. The molecule has 32 heavy (non-hydrogen) atoms. The summed E-state index contributed by atoms with van der Waals surface area (Å²) in [6.07, 6.45) is 0. The molecule has 162 valence electrons. The summed E-state index contributed by atoms with van der Waals surface area (Å²) in [6.45, 7) is 2.02. The van der Waals surface area contributed by atoms with Crippen molar-refractivity contribution in [2.45, 2.75) is 13.5 Å². The highest BCUT2D eigenvalue weighted by Crippen LogP contribution is 2.19. The maximum atomic E-state index is 13.9. The number of benzene rings is 3. The van der Waals surface area contributed by atoms with Crippen molar-refractivity contribution >= 4 is 16.8 Å². The van der Waals surface area contributed by atoms with Crippen LogP contribution in [0.2, 0.25) is 0 Å². The highest BCUT2D eigenvalue weighted by atomic mass is 19.1. The maximum absolute atomic E-state index is 13.9. The molecular weight excluding hydrogens is 409 g/mol. The lowest BCUT2D eigenvalue weighted by molar-refractivity contribution is 0.0785. The molecule has 1 heterocycles. The van der Waals surface area contributed by atoms with Crippen molar-refractivity contribution in [2.24, 2.45) is 0 Å². The van der Waals surface area contributed by atoms with Crippen molar-refractivity contribution in [3.63, 3.8) is 0 Å². The maximum Gasteiger partial charge on any atom is 0.265 e. The Balaban J connectivity index is 1.57. The van der Waals surface area contributed by atoms with Gasteiger partial charge in [0.1, 0.15) is 5.82 Å². The monoisotopic (exact) mass is 431 g/mol. The molecule has 1 aromatic heterocycles. The number of aryl methyl sites for hydroxylation is 1. The third-order valence-corrected chi connectivity index (χ3v) is 5.30. The van der Waals surface area contributed by atoms with Crippen LogP contribution in [-0.4, -0.2) is 34.5 Å². The largest absolute Gasteiger partial charge is 0.494 e. The molecule has 0 saturated heterocycles. The Morgan fingerprint density at radius 3 is 2.50 bits per heavy atom. The van der Waals surface area contributed by atoms with E-state index in [0.29, 0.717) is 33.5 Å². The van der Waals surface area contributed by atoms with Gasteiger partial charge in [-0.15, -0.1) is 0 Å². The second-order valence-corrected chi connectivity index (χ2v) is 7.49. The minimum absolute atomic E-state index is 0.159. The lowest BCUT2D eigenvalue weighted by Gasteiger charge is -2.18. The van der Waals surface area contributed by atoms with Crippen molar-refractivity contribution in [3.05, 3.63) is 99.9 Å². The number of carbonyl (C=O) groups is 1. The lowest BCUT2D eigenvalue weighted by Crippen LogP contribution is -2.26. The fraction of sp³-hybridized carbons (Fsp3) is 0.160. The molecule has 0 bridgehead atoms. The number of nitrogens with zero attached hydrogens (tertiary/aromatic N) is 3. The van der Waals surface area contributed by atoms with Crippen LogP contribution in [0.3, 0.4) is 0 Å². The third kappa shape index (κ3) is 3.97. The molecule has 0 atom stereocenters. The highest BCUT2D eigenvalue weighted by molar-refractivity contribution is 5.94. The third-order valence-electron chi connectivity index (χ3n) is 5.30. The zero-order chi connectivity index (χ0) is 22.8. The Bertz CT molecular complexity index is 1360. The van der Waals surface area contributed by atoms with Gasteiger partial charge in [-0.2, -0.15) is 0 Å². The summed E-state index contributed by atoms with van der Waals surface area (Å²) in [4.78, 5) is 31.8. The van der Waals surface area contributed by atoms with E-state index in [1.54, 1.807) is 62.5 Å². The normalized spacial score (nSPS) is 10.9. The number of aromatic nitrogens is 2. The number of methoxy groups -OCH3 is 1. The van der Waals surface area contributed by atoms with Gasteiger partial charge >= 0.3 is 0 Å². The lowest BCUT2D eigenvalue weighted by atomic mass is 10.1. The molecule has 0 radical (unpaired) electrons. The average molecular weight is 431 g/mol. The molecule has 0 N–H and O–H groups in total. The van der Waals surface area contributed by atoms with Crippen molar-refractivity contribution in [2.75, 3.05) is 14.2 Å². The predicted octanol–water partition coefficient (Wildman–Crippen LogP) is 4.11. The molecule has 0 fully saturated rings. The number of hydrogen-bond donors (Lipinski definition) is 0. The van der Waals surface area contributed by atoms with Crippen LogP contribution in [0.25, 0.3) is 16.6 Å². The van der Waals surface area contributed by atoms with Gasteiger partial charge in [-0.3, -0.25) is 14.2 Å². The first-order chi connectivity index (χ1) is 15.4. The number of para-hydroxylation sites is 1. The number of ether oxygens (including phenoxy) is 1. The molecular formula is C25H22FN3O3. The quantitative estimate of drug-likeness (QED) is 0.477. The van der Waals surface area contributed by atoms with Crippen molar-refractivity contribution in [3.8, 4) is 11.4 Å². The number of hydrogen-bond acceptors (Lipinski definition) is 4. The van der Waals surface area contributed by atoms with Crippen molar-refractivity contribution < 1.29 is 13.9 Å². The molecule has 3 aromatic carbocycles. The summed E-state index contributed by atoms with van der Waals surface area (Å²) in [5.74, 6) is 0.0342. The van der Waals surface area contributed by atoms with Gasteiger partial charge in [-0.05, 0) is 61.0 Å². The standard InChI is InChI=1S/C25H22FN3O3/c1-16-27-22-7-5-4-6-20(22)25(31)29(16)19-11-9-18(10-12-19)24(30)28(2)15-17-8-13-23(32-3)21(26)14-17/h4-14H,15H2,1-3H3. The fourth-order valence-corrected chi connectivity index (χ4v) is 3.68. The van der Waals surface area contributed by atoms with E-state index in [0.717, 1.165) is 0 Å². The molecule has 0 unspecified atom stereocenters. The Kier molecular flexibility index (Phi) is 5.73. The summed E-state index contributed by atoms with van der Waals surface area (Å²) in [7, 11) is 3.06. The number of carbonyl (C=O) groups excluding carboxylic acids is 1. The first-order valence-electron chi connectivity index (χ1n) is 10.1. The van der Waals surface area contributed by atoms with Crippen LogP contribution in [0, 0.1) is 12.7 Å². The summed E-state index contributed by atoms with van der Waals surface area (Å²) >= 11 is 0. The van der Waals surface area contributed by atoms with E-state index in [2.05, 4.69) is 4.98 Å². The van der Waals surface area contributed by atoms with Crippen LogP contribution in [0.5, 0.6) is 5.75 Å². The molecule has 0 saturated carbocycles. The molecule has 1 amide bonds. The molecule has 7 heteroatoms. The first kappa shape index (κ1) is 21.2. The van der Waals surface area contributed by atoms with Gasteiger partial charge < -0.3 is 9.64 Å². The molecule has 4 aromatic rings. The molecule has 0 aliphatic carbocycles. The van der Waals surface area contributed by atoms with E-state index in [-0.39, 0.29) is 23.8 Å². The van der Waals surface area contributed by atoms with Gasteiger partial charge in [-0.25, -0.2) is 9.37 Å². The minimum atomic E-state index is -0.472. The highest BCUT2D eigenvalue weighted by Gasteiger charge is 2.15. The van der Waals surface area contributed by atoms with E-state index in [1.807, 2.05) is 6.07 Å². The zero-order valence-corrected chi connectivity index (χ0v) is 18.0. The van der Waals surface area contributed by atoms with Gasteiger partial charge in [0.2, 0.25) is 0 Å². The van der Waals surface area contributed by atoms with Crippen LogP contribution in [0.15, 0.2) is 71.5 Å². The Labute approximate surface area is 184 Å². The number of rotatable bonds is 5. The van der Waals surface area contributed by atoms with Crippen LogP contribution >= 0.6 is 0 Å². The molecule has 0 aliphatic rings. The second-order valence-electron chi connectivity index (χ2n) is 7.49. The van der Waals surface area contributed by atoms with Gasteiger partial charge in [0.05, 0.1) is 23.7 Å². The van der Waals surface area contributed by atoms with E-state index in [1.165, 1.54) is 28.7 Å². The van der Waals surface area contributed by atoms with E-state index in [4.69, 9.17) is 4.74 Å². The Morgan fingerprint density at radius 2 is 1.81 bits per heavy atom. The molecule has 6 nitrogen and oxygen atoms in total. The van der Waals surface area contributed by atoms with E-state index in [9.17, 15) is 14.0 Å². The van der Waals surface area contributed by atoms with Crippen molar-refractivity contribution in [1.82, 2.24) is 14.5 Å². The molecule has 0 spiro atoms. The summed E-state index contributed by atoms with van der Waals surface area (Å²) in [5.41, 5.74) is 2.23. The second kappa shape index (κ2) is 8.63. The predicted molar refractivity (Wildman–Crippen MR) is 121 cm³/mol. The van der Waals surface area contributed by atoms with Crippen molar-refractivity contribution in [1.29, 1.82) is 0 Å². The van der Waals surface area contributed by atoms with Crippen LogP contribution in [0.1, 0.15) is 21.7 Å². The van der Waals surface area contributed by atoms with Gasteiger partial charge in [0.15, 0.2) is 11.6 Å². The average Bonchev–Trinajstić information content (AvgIpc) is 2.79. The van der Waals surface area contributed by atoms with Crippen LogP contribution in [-0.2, 0) is 6.54 Å². The summed E-state index contributed by atoms with van der Waals surface area (Å²) < 4.78 is 20.4. The van der Waals surface area contributed by atoms with Crippen LogP contribution in [0.4, 0.5) is 4.39 Å². The topological polar surface area (TPSA) is 64.4 Å². The van der Waals surface area contributed by atoms with E-state index < -0.39 is 5.82 Å². The Morgan fingerprint density at radius 1 is 1.09 bits per heavy atom. The van der Waals surface area contributed by atoms with Crippen LogP contribution < -0.4 is 10.3 Å². The SMILES string of the molecule is COc1ccc(CN(C)C(=O)c2ccc(-n3c(C)nc4ccccc4c3=O)cc2)cc1F. The zero-order valence-electron chi connectivity index (χ0n) is 18.0. The molecule has 4 rings (SSSR count).